The van der Waals surface area contributed by atoms with Crippen molar-refractivity contribution >= 4 is 11.5 Å². The fraction of sp³-hybridized carbons (Fsp3) is 0.286. The Morgan fingerprint density at radius 1 is 1.27 bits per heavy atom. The molecule has 1 aliphatic rings. The summed E-state index contributed by atoms with van der Waals surface area (Å²) in [6.45, 7) is 5.93. The fourth-order valence-electron chi connectivity index (χ4n) is 3.27. The van der Waals surface area contributed by atoms with Crippen molar-refractivity contribution in [2.45, 2.75) is 12.5 Å². The van der Waals surface area contributed by atoms with E-state index in [-0.39, 0.29) is 13.2 Å². The van der Waals surface area contributed by atoms with Crippen molar-refractivity contribution in [2.24, 2.45) is 5.92 Å². The minimum absolute atomic E-state index is 0.0984. The minimum atomic E-state index is -1.62. The summed E-state index contributed by atoms with van der Waals surface area (Å²) in [5, 5.41) is 11.6. The van der Waals surface area contributed by atoms with E-state index in [1.165, 1.54) is 0 Å². The van der Waals surface area contributed by atoms with Crippen molar-refractivity contribution in [3.05, 3.63) is 66.2 Å². The van der Waals surface area contributed by atoms with Gasteiger partial charge in [-0.1, -0.05) is 36.9 Å². The molecule has 0 bridgehead atoms. The van der Waals surface area contributed by atoms with Gasteiger partial charge in [0.05, 0.1) is 13.7 Å². The summed E-state index contributed by atoms with van der Waals surface area (Å²) in [6, 6.07) is 14.2. The van der Waals surface area contributed by atoms with Gasteiger partial charge in [-0.2, -0.15) is 0 Å². The van der Waals surface area contributed by atoms with Crippen LogP contribution >= 0.6 is 0 Å². The van der Waals surface area contributed by atoms with Crippen LogP contribution in [0.1, 0.15) is 18.1 Å². The van der Waals surface area contributed by atoms with Gasteiger partial charge in [-0.15, -0.1) is 0 Å². The van der Waals surface area contributed by atoms with Gasteiger partial charge in [0.1, 0.15) is 29.6 Å². The lowest BCUT2D eigenvalue weighted by Gasteiger charge is -2.33. The Morgan fingerprint density at radius 2 is 1.96 bits per heavy atom. The lowest BCUT2D eigenvalue weighted by molar-refractivity contribution is -0.156. The predicted octanol–water partition coefficient (Wildman–Crippen LogP) is 3.17. The molecule has 2 aromatic carbocycles. The molecule has 0 amide bonds. The van der Waals surface area contributed by atoms with E-state index in [0.29, 0.717) is 28.2 Å². The molecule has 2 atom stereocenters. The van der Waals surface area contributed by atoms with Gasteiger partial charge in [-0.25, -0.2) is 0 Å². The molecule has 0 aromatic heterocycles. The maximum Gasteiger partial charge on any atom is 0.316 e. The molecule has 5 nitrogen and oxygen atoms in total. The number of ether oxygens (including phenoxy) is 3. The summed E-state index contributed by atoms with van der Waals surface area (Å²) in [4.78, 5) is 12.8. The summed E-state index contributed by atoms with van der Waals surface area (Å²) in [7, 11) is 1.57. The molecule has 0 fully saturated rings. The Balaban J connectivity index is 2.12. The van der Waals surface area contributed by atoms with Gasteiger partial charge in [-0.05, 0) is 36.3 Å². The van der Waals surface area contributed by atoms with Crippen LogP contribution in [0.3, 0.4) is 0 Å². The molecule has 0 aliphatic carbocycles. The largest absolute Gasteiger partial charge is 0.497 e. The number of aliphatic hydroxyl groups is 1. The van der Waals surface area contributed by atoms with Gasteiger partial charge in [0.2, 0.25) is 0 Å². The number of hydrogen-bond donors (Lipinski definition) is 1. The van der Waals surface area contributed by atoms with Crippen LogP contribution in [0.4, 0.5) is 0 Å². The molecule has 136 valence electrons. The van der Waals surface area contributed by atoms with Crippen LogP contribution in [0.25, 0.3) is 5.57 Å². The Hall–Kier alpha value is -2.79. The van der Waals surface area contributed by atoms with Crippen LogP contribution in [0.15, 0.2) is 55.1 Å². The first-order chi connectivity index (χ1) is 12.5. The summed E-state index contributed by atoms with van der Waals surface area (Å²) >= 11 is 0. The van der Waals surface area contributed by atoms with Gasteiger partial charge >= 0.3 is 5.97 Å². The van der Waals surface area contributed by atoms with Gasteiger partial charge in [0, 0.05) is 5.56 Å². The van der Waals surface area contributed by atoms with E-state index >= 15 is 0 Å². The van der Waals surface area contributed by atoms with E-state index in [9.17, 15) is 9.90 Å². The second kappa shape index (κ2) is 7.22. The third kappa shape index (κ3) is 3.06. The molecule has 1 N–H and O–H groups in total. The Morgan fingerprint density at radius 3 is 2.62 bits per heavy atom. The fourth-order valence-corrected chi connectivity index (χ4v) is 3.27. The van der Waals surface area contributed by atoms with E-state index in [4.69, 9.17) is 14.2 Å². The highest BCUT2D eigenvalue weighted by atomic mass is 16.5. The number of para-hydroxylation sites is 1. The Labute approximate surface area is 152 Å². The van der Waals surface area contributed by atoms with Gasteiger partial charge in [0.25, 0.3) is 0 Å². The number of carbonyl (C=O) groups is 1. The number of methoxy groups -OCH3 is 1. The van der Waals surface area contributed by atoms with Crippen LogP contribution in [0.2, 0.25) is 0 Å². The molecule has 0 saturated carbocycles. The van der Waals surface area contributed by atoms with E-state index in [1.54, 1.807) is 44.4 Å². The molecule has 1 heterocycles. The van der Waals surface area contributed by atoms with E-state index in [2.05, 4.69) is 6.58 Å². The summed E-state index contributed by atoms with van der Waals surface area (Å²) < 4.78 is 16.3. The molecule has 26 heavy (non-hydrogen) atoms. The number of fused-ring (bicyclic) bond motifs is 1. The van der Waals surface area contributed by atoms with E-state index in [1.807, 2.05) is 18.2 Å². The van der Waals surface area contributed by atoms with Crippen LogP contribution in [-0.2, 0) is 15.1 Å². The SMILES string of the molecule is C=C1c2ccccc2OCC(O)(c2ccc(OC)cc2)C1C(=O)OCC. The molecule has 0 spiro atoms. The quantitative estimate of drug-likeness (QED) is 0.855. The minimum Gasteiger partial charge on any atom is -0.497 e. The second-order valence-corrected chi connectivity index (χ2v) is 6.15. The molecule has 0 radical (unpaired) electrons. The second-order valence-electron chi connectivity index (χ2n) is 6.15. The van der Waals surface area contributed by atoms with Crippen molar-refractivity contribution in [2.75, 3.05) is 20.3 Å². The summed E-state index contributed by atoms with van der Waals surface area (Å²) in [5.74, 6) is -0.284. The number of hydrogen-bond acceptors (Lipinski definition) is 5. The van der Waals surface area contributed by atoms with E-state index < -0.39 is 17.5 Å². The van der Waals surface area contributed by atoms with Crippen molar-refractivity contribution in [3.8, 4) is 11.5 Å². The number of esters is 1. The van der Waals surface area contributed by atoms with Crippen LogP contribution < -0.4 is 9.47 Å². The lowest BCUT2D eigenvalue weighted by Crippen LogP contribution is -2.44. The summed E-state index contributed by atoms with van der Waals surface area (Å²) in [5.41, 5.74) is 0.0735. The maximum atomic E-state index is 12.8. The van der Waals surface area contributed by atoms with Crippen molar-refractivity contribution in [3.63, 3.8) is 0 Å². The van der Waals surface area contributed by atoms with Crippen molar-refractivity contribution < 1.29 is 24.1 Å². The van der Waals surface area contributed by atoms with Gasteiger partial charge in [-0.3, -0.25) is 4.79 Å². The molecule has 3 rings (SSSR count). The molecular weight excluding hydrogens is 332 g/mol. The highest BCUT2D eigenvalue weighted by molar-refractivity contribution is 5.91. The van der Waals surface area contributed by atoms with Gasteiger partial charge in [0.15, 0.2) is 0 Å². The average molecular weight is 354 g/mol. The van der Waals surface area contributed by atoms with E-state index in [0.717, 1.165) is 0 Å². The first-order valence-electron chi connectivity index (χ1n) is 8.45. The van der Waals surface area contributed by atoms with Crippen LogP contribution in [0.5, 0.6) is 11.5 Å². The third-order valence-electron chi connectivity index (χ3n) is 4.62. The molecule has 5 heteroatoms. The zero-order valence-electron chi connectivity index (χ0n) is 14.9. The molecule has 0 saturated heterocycles. The highest BCUT2D eigenvalue weighted by Gasteiger charge is 2.48. The van der Waals surface area contributed by atoms with Gasteiger partial charge < -0.3 is 19.3 Å². The molecule has 1 aliphatic heterocycles. The van der Waals surface area contributed by atoms with Crippen LogP contribution in [-0.4, -0.2) is 31.4 Å². The number of rotatable bonds is 4. The van der Waals surface area contributed by atoms with Crippen molar-refractivity contribution in [1.29, 1.82) is 0 Å². The standard InChI is InChI=1S/C21H22O5/c1-4-25-20(22)19-14(2)17-7-5-6-8-18(17)26-13-21(19,23)15-9-11-16(24-3)12-10-15/h5-12,19,23H,2,4,13H2,1,3H3. The highest BCUT2D eigenvalue weighted by Crippen LogP contribution is 2.44. The predicted molar refractivity (Wildman–Crippen MR) is 98.0 cm³/mol. The number of carbonyl (C=O) groups excluding carboxylic acids is 1. The van der Waals surface area contributed by atoms with Crippen molar-refractivity contribution in [1.82, 2.24) is 0 Å². The lowest BCUT2D eigenvalue weighted by atomic mass is 9.76. The average Bonchev–Trinajstić information content (AvgIpc) is 2.77. The van der Waals surface area contributed by atoms with Crippen LogP contribution in [0, 0.1) is 5.92 Å². The third-order valence-corrected chi connectivity index (χ3v) is 4.62. The molecule has 2 unspecified atom stereocenters. The smallest absolute Gasteiger partial charge is 0.316 e. The topological polar surface area (TPSA) is 65.0 Å². The molecule has 2 aromatic rings. The first-order valence-corrected chi connectivity index (χ1v) is 8.45. The molecular formula is C21H22O5. The Bertz CT molecular complexity index is 811. The number of benzene rings is 2. The Kier molecular flexibility index (Phi) is 5.00. The summed E-state index contributed by atoms with van der Waals surface area (Å²) in [6.07, 6.45) is 0. The maximum absolute atomic E-state index is 12.8. The normalized spacial score (nSPS) is 22.0. The zero-order chi connectivity index (χ0) is 18.7. The monoisotopic (exact) mass is 354 g/mol. The zero-order valence-corrected chi connectivity index (χ0v) is 14.9. The first kappa shape index (κ1) is 18.0.